The minimum absolute atomic E-state index is 0.398. The van der Waals surface area contributed by atoms with Gasteiger partial charge in [0, 0.05) is 24.8 Å². The summed E-state index contributed by atoms with van der Waals surface area (Å²) < 4.78 is 0. The highest BCUT2D eigenvalue weighted by molar-refractivity contribution is 6.29. The third-order valence-electron chi connectivity index (χ3n) is 2.74. The smallest absolute Gasteiger partial charge is 0.133 e. The average Bonchev–Trinajstić information content (AvgIpc) is 2.13. The van der Waals surface area contributed by atoms with E-state index in [9.17, 15) is 0 Å². The first-order valence-corrected chi connectivity index (χ1v) is 5.45. The lowest BCUT2D eigenvalue weighted by molar-refractivity contribution is 0.503. The molecule has 0 aliphatic rings. The summed E-state index contributed by atoms with van der Waals surface area (Å²) in [6, 6.07) is 3.89. The molecule has 0 spiro atoms. The molecule has 2 N–H and O–H groups in total. The van der Waals surface area contributed by atoms with Crippen molar-refractivity contribution >= 4 is 23.1 Å². The molecule has 0 fully saturated rings. The van der Waals surface area contributed by atoms with Crippen molar-refractivity contribution in [1.29, 1.82) is 0 Å². The third-order valence-corrected chi connectivity index (χ3v) is 2.93. The van der Waals surface area contributed by atoms with Gasteiger partial charge in [-0.15, -0.1) is 0 Å². The van der Waals surface area contributed by atoms with E-state index in [1.807, 2.05) is 13.1 Å². The molecule has 1 rings (SSSR count). The maximum absolute atomic E-state index is 5.86. The maximum Gasteiger partial charge on any atom is 0.133 e. The molecule has 84 valence electrons. The second-order valence-corrected chi connectivity index (χ2v) is 4.56. The van der Waals surface area contributed by atoms with Crippen LogP contribution in [0.4, 0.5) is 11.5 Å². The number of pyridine rings is 1. The molecule has 0 amide bonds. The Labute approximate surface area is 96.2 Å². The molecule has 4 heteroatoms. The van der Waals surface area contributed by atoms with Crippen molar-refractivity contribution in [1.82, 2.24) is 4.98 Å². The van der Waals surface area contributed by atoms with Crippen LogP contribution in [-0.4, -0.2) is 18.1 Å². The van der Waals surface area contributed by atoms with Crippen LogP contribution in [0, 0.1) is 5.92 Å². The largest absolute Gasteiger partial charge is 0.399 e. The highest BCUT2D eigenvalue weighted by Gasteiger charge is 2.15. The van der Waals surface area contributed by atoms with Crippen LogP contribution in [-0.2, 0) is 0 Å². The lowest BCUT2D eigenvalue weighted by Gasteiger charge is -2.29. The highest BCUT2D eigenvalue weighted by Crippen LogP contribution is 2.22. The van der Waals surface area contributed by atoms with E-state index in [2.05, 4.69) is 30.7 Å². The van der Waals surface area contributed by atoms with Gasteiger partial charge in [0.2, 0.25) is 0 Å². The summed E-state index contributed by atoms with van der Waals surface area (Å²) in [7, 11) is 2.00. The number of nitrogens with zero attached hydrogens (tertiary/aromatic N) is 2. The zero-order chi connectivity index (χ0) is 11.6. The Morgan fingerprint density at radius 3 is 2.40 bits per heavy atom. The minimum atomic E-state index is 0.398. The van der Waals surface area contributed by atoms with Crippen LogP contribution in [0.15, 0.2) is 12.1 Å². The fourth-order valence-corrected chi connectivity index (χ4v) is 1.55. The van der Waals surface area contributed by atoms with Gasteiger partial charge in [-0.1, -0.05) is 25.4 Å². The third kappa shape index (κ3) is 2.99. The van der Waals surface area contributed by atoms with Gasteiger partial charge in [-0.2, -0.15) is 0 Å². The topological polar surface area (TPSA) is 42.1 Å². The molecule has 1 aromatic rings. The maximum atomic E-state index is 5.86. The predicted molar refractivity (Wildman–Crippen MR) is 66.4 cm³/mol. The zero-order valence-electron chi connectivity index (χ0n) is 9.66. The Balaban J connectivity index is 2.95. The van der Waals surface area contributed by atoms with Gasteiger partial charge in [0.05, 0.1) is 0 Å². The van der Waals surface area contributed by atoms with Gasteiger partial charge < -0.3 is 10.6 Å². The number of halogens is 1. The monoisotopic (exact) mass is 227 g/mol. The molecule has 1 heterocycles. The Bertz CT molecular complexity index is 318. The number of rotatable bonds is 3. The van der Waals surface area contributed by atoms with E-state index in [-0.39, 0.29) is 0 Å². The molecular formula is C11H18ClN3. The first-order valence-electron chi connectivity index (χ1n) is 5.07. The summed E-state index contributed by atoms with van der Waals surface area (Å²) >= 11 is 5.86. The molecular weight excluding hydrogens is 210 g/mol. The minimum Gasteiger partial charge on any atom is -0.399 e. The molecule has 3 nitrogen and oxygen atoms in total. The molecule has 1 aromatic heterocycles. The summed E-state index contributed by atoms with van der Waals surface area (Å²) in [6.07, 6.45) is 0. The molecule has 1 atom stereocenters. The molecule has 0 aliphatic heterocycles. The summed E-state index contributed by atoms with van der Waals surface area (Å²) in [6.45, 7) is 6.51. The molecule has 1 unspecified atom stereocenters. The Morgan fingerprint density at radius 2 is 1.93 bits per heavy atom. The fourth-order valence-electron chi connectivity index (χ4n) is 1.34. The molecule has 0 saturated heterocycles. The zero-order valence-corrected chi connectivity index (χ0v) is 10.4. The first kappa shape index (κ1) is 12.1. The number of hydrogen-bond donors (Lipinski definition) is 1. The van der Waals surface area contributed by atoms with Gasteiger partial charge >= 0.3 is 0 Å². The molecule has 0 bridgehead atoms. The first-order chi connectivity index (χ1) is 6.91. The van der Waals surface area contributed by atoms with Gasteiger partial charge in [-0.3, -0.25) is 0 Å². The lowest BCUT2D eigenvalue weighted by atomic mass is 10.1. The molecule has 0 aromatic carbocycles. The standard InChI is InChI=1S/C11H18ClN3/c1-7(2)8(3)15(4)11-6-9(13)5-10(12)14-11/h5-8H,1-4H3,(H2,13,14). The van der Waals surface area contributed by atoms with Crippen molar-refractivity contribution < 1.29 is 0 Å². The van der Waals surface area contributed by atoms with Crippen molar-refractivity contribution in [2.45, 2.75) is 26.8 Å². The number of nitrogens with two attached hydrogens (primary N) is 1. The van der Waals surface area contributed by atoms with E-state index in [1.54, 1.807) is 6.07 Å². The number of nitrogen functional groups attached to an aromatic ring is 1. The average molecular weight is 228 g/mol. The lowest BCUT2D eigenvalue weighted by Crippen LogP contribution is -2.33. The molecule has 15 heavy (non-hydrogen) atoms. The fraction of sp³-hybridized carbons (Fsp3) is 0.545. The van der Waals surface area contributed by atoms with Crippen molar-refractivity contribution in [3.05, 3.63) is 17.3 Å². The van der Waals surface area contributed by atoms with E-state index in [0.717, 1.165) is 5.82 Å². The van der Waals surface area contributed by atoms with Gasteiger partial charge in [0.15, 0.2) is 0 Å². The van der Waals surface area contributed by atoms with Gasteiger partial charge in [0.1, 0.15) is 11.0 Å². The normalized spacial score (nSPS) is 12.9. The Morgan fingerprint density at radius 1 is 1.33 bits per heavy atom. The summed E-state index contributed by atoms with van der Waals surface area (Å²) in [5.74, 6) is 1.37. The molecule has 0 saturated carbocycles. The van der Waals surface area contributed by atoms with E-state index in [0.29, 0.717) is 22.8 Å². The van der Waals surface area contributed by atoms with Crippen molar-refractivity contribution in [2.24, 2.45) is 5.92 Å². The van der Waals surface area contributed by atoms with E-state index in [4.69, 9.17) is 17.3 Å². The van der Waals surface area contributed by atoms with Crippen LogP contribution in [0.2, 0.25) is 5.15 Å². The highest BCUT2D eigenvalue weighted by atomic mass is 35.5. The van der Waals surface area contributed by atoms with Crippen LogP contribution in [0.25, 0.3) is 0 Å². The van der Waals surface area contributed by atoms with Crippen LogP contribution >= 0.6 is 11.6 Å². The summed E-state index contributed by atoms with van der Waals surface area (Å²) in [4.78, 5) is 6.34. The van der Waals surface area contributed by atoms with Crippen LogP contribution in [0.3, 0.4) is 0 Å². The quantitative estimate of drug-likeness (QED) is 0.808. The van der Waals surface area contributed by atoms with Crippen molar-refractivity contribution in [2.75, 3.05) is 17.7 Å². The van der Waals surface area contributed by atoms with Gasteiger partial charge in [-0.05, 0) is 18.9 Å². The SMILES string of the molecule is CC(C)C(C)N(C)c1cc(N)cc(Cl)n1. The summed E-state index contributed by atoms with van der Waals surface area (Å²) in [5.41, 5.74) is 6.37. The van der Waals surface area contributed by atoms with Crippen molar-refractivity contribution in [3.63, 3.8) is 0 Å². The van der Waals surface area contributed by atoms with Crippen LogP contribution in [0.1, 0.15) is 20.8 Å². The predicted octanol–water partition coefficient (Wildman–Crippen LogP) is 2.80. The van der Waals surface area contributed by atoms with Crippen LogP contribution in [0.5, 0.6) is 0 Å². The van der Waals surface area contributed by atoms with Gasteiger partial charge in [-0.25, -0.2) is 4.98 Å². The van der Waals surface area contributed by atoms with E-state index < -0.39 is 0 Å². The number of anilines is 2. The molecule has 0 radical (unpaired) electrons. The van der Waals surface area contributed by atoms with Gasteiger partial charge in [0.25, 0.3) is 0 Å². The summed E-state index contributed by atoms with van der Waals surface area (Å²) in [5, 5.41) is 0.438. The Kier molecular flexibility index (Phi) is 3.80. The van der Waals surface area contributed by atoms with E-state index in [1.165, 1.54) is 0 Å². The second-order valence-electron chi connectivity index (χ2n) is 4.18. The second kappa shape index (κ2) is 4.71. The molecule has 0 aliphatic carbocycles. The van der Waals surface area contributed by atoms with Crippen LogP contribution < -0.4 is 10.6 Å². The Hall–Kier alpha value is -0.960. The number of hydrogen-bond acceptors (Lipinski definition) is 3. The van der Waals surface area contributed by atoms with E-state index >= 15 is 0 Å². The van der Waals surface area contributed by atoms with Crippen molar-refractivity contribution in [3.8, 4) is 0 Å². The number of aromatic nitrogens is 1.